The second kappa shape index (κ2) is 9.89. The highest BCUT2D eigenvalue weighted by molar-refractivity contribution is 5.86. The van der Waals surface area contributed by atoms with Crippen molar-refractivity contribution in [1.29, 1.82) is 0 Å². The lowest BCUT2D eigenvalue weighted by molar-refractivity contribution is -0.134. The number of hydrogen-bond acceptors (Lipinski definition) is 6. The first-order valence-electron chi connectivity index (χ1n) is 9.14. The van der Waals surface area contributed by atoms with Crippen molar-refractivity contribution in [3.8, 4) is 0 Å². The van der Waals surface area contributed by atoms with Crippen molar-refractivity contribution < 1.29 is 14.3 Å². The number of amides is 1. The van der Waals surface area contributed by atoms with E-state index in [9.17, 15) is 9.59 Å². The second-order valence-electron chi connectivity index (χ2n) is 6.89. The fourth-order valence-electron chi connectivity index (χ4n) is 2.95. The van der Waals surface area contributed by atoms with E-state index in [1.54, 1.807) is 6.20 Å². The standard InChI is InChI=1S/C19H28N4O3/c1-13(2)18(19(25)22-14-7-5-4-6-8-14)23-16-12-20-15(11-21-16)9-10-17(24)26-3/h9-14,18H,4-8H2,1-3H3,(H,21,23)(H,22,25)/t18-/m1/s1. The monoisotopic (exact) mass is 360 g/mol. The maximum Gasteiger partial charge on any atom is 0.330 e. The minimum absolute atomic E-state index is 0.00311. The van der Waals surface area contributed by atoms with Gasteiger partial charge < -0.3 is 15.4 Å². The molecule has 0 aliphatic heterocycles. The summed E-state index contributed by atoms with van der Waals surface area (Å²) in [7, 11) is 1.32. The van der Waals surface area contributed by atoms with E-state index in [1.165, 1.54) is 44.7 Å². The molecular formula is C19H28N4O3. The van der Waals surface area contributed by atoms with Crippen LogP contribution in [0.3, 0.4) is 0 Å². The Morgan fingerprint density at radius 2 is 1.92 bits per heavy atom. The zero-order valence-corrected chi connectivity index (χ0v) is 15.7. The van der Waals surface area contributed by atoms with Crippen LogP contribution in [0.25, 0.3) is 6.08 Å². The lowest BCUT2D eigenvalue weighted by Crippen LogP contribution is -2.47. The highest BCUT2D eigenvalue weighted by Crippen LogP contribution is 2.18. The molecule has 0 aromatic carbocycles. The average Bonchev–Trinajstić information content (AvgIpc) is 2.65. The molecule has 0 saturated heterocycles. The second-order valence-corrected chi connectivity index (χ2v) is 6.89. The minimum atomic E-state index is -0.451. The van der Waals surface area contributed by atoms with Gasteiger partial charge in [-0.25, -0.2) is 9.78 Å². The number of anilines is 1. The van der Waals surface area contributed by atoms with Crippen LogP contribution in [0, 0.1) is 5.92 Å². The Morgan fingerprint density at radius 1 is 1.19 bits per heavy atom. The van der Waals surface area contributed by atoms with Gasteiger partial charge >= 0.3 is 5.97 Å². The van der Waals surface area contributed by atoms with Crippen molar-refractivity contribution >= 4 is 23.8 Å². The van der Waals surface area contributed by atoms with E-state index in [0.717, 1.165) is 12.8 Å². The molecule has 1 aromatic rings. The maximum atomic E-state index is 12.7. The molecule has 1 heterocycles. The van der Waals surface area contributed by atoms with Gasteiger partial charge in [-0.05, 0) is 24.8 Å². The molecule has 2 rings (SSSR count). The van der Waals surface area contributed by atoms with Crippen LogP contribution in [0.1, 0.15) is 51.6 Å². The molecule has 142 valence electrons. The molecule has 0 spiro atoms. The molecule has 7 nitrogen and oxygen atoms in total. The molecule has 1 aliphatic carbocycles. The third-order valence-corrected chi connectivity index (χ3v) is 4.47. The van der Waals surface area contributed by atoms with Crippen LogP contribution >= 0.6 is 0 Å². The summed E-state index contributed by atoms with van der Waals surface area (Å²) in [6.07, 6.45) is 11.6. The normalized spacial score (nSPS) is 16.5. The summed E-state index contributed by atoms with van der Waals surface area (Å²) in [5, 5.41) is 6.33. The van der Waals surface area contributed by atoms with Crippen LogP contribution in [0.4, 0.5) is 5.82 Å². The lowest BCUT2D eigenvalue weighted by Gasteiger charge is -2.27. The van der Waals surface area contributed by atoms with E-state index < -0.39 is 5.97 Å². The number of nitrogens with zero attached hydrogens (tertiary/aromatic N) is 2. The summed E-state index contributed by atoms with van der Waals surface area (Å²) in [6.45, 7) is 4.00. The topological polar surface area (TPSA) is 93.2 Å². The van der Waals surface area contributed by atoms with Gasteiger partial charge in [0.05, 0.1) is 25.2 Å². The molecule has 7 heteroatoms. The predicted molar refractivity (Wildman–Crippen MR) is 100 cm³/mol. The highest BCUT2D eigenvalue weighted by Gasteiger charge is 2.25. The number of carbonyl (C=O) groups excluding carboxylic acids is 2. The van der Waals surface area contributed by atoms with E-state index in [2.05, 4.69) is 25.3 Å². The van der Waals surface area contributed by atoms with E-state index in [-0.39, 0.29) is 23.9 Å². The summed E-state index contributed by atoms with van der Waals surface area (Å²) in [5.41, 5.74) is 0.536. The first-order valence-corrected chi connectivity index (χ1v) is 9.14. The zero-order valence-electron chi connectivity index (χ0n) is 15.7. The molecule has 26 heavy (non-hydrogen) atoms. The molecule has 0 bridgehead atoms. The Kier molecular flexibility index (Phi) is 7.56. The van der Waals surface area contributed by atoms with E-state index >= 15 is 0 Å². The average molecular weight is 360 g/mol. The van der Waals surface area contributed by atoms with Crippen molar-refractivity contribution in [1.82, 2.24) is 15.3 Å². The van der Waals surface area contributed by atoms with E-state index in [4.69, 9.17) is 0 Å². The molecule has 1 aliphatic rings. The van der Waals surface area contributed by atoms with Gasteiger partial charge in [0.1, 0.15) is 11.9 Å². The van der Waals surface area contributed by atoms with E-state index in [1.807, 2.05) is 13.8 Å². The Labute approximate surface area is 154 Å². The number of aromatic nitrogens is 2. The van der Waals surface area contributed by atoms with E-state index in [0.29, 0.717) is 11.5 Å². The minimum Gasteiger partial charge on any atom is -0.466 e. The molecule has 1 amide bonds. The van der Waals surface area contributed by atoms with Crippen LogP contribution < -0.4 is 10.6 Å². The first-order chi connectivity index (χ1) is 12.5. The quantitative estimate of drug-likeness (QED) is 0.573. The van der Waals surface area contributed by atoms with Gasteiger partial charge in [0.2, 0.25) is 5.91 Å². The number of carbonyl (C=O) groups is 2. The van der Waals surface area contributed by atoms with Gasteiger partial charge in [0.25, 0.3) is 0 Å². The van der Waals surface area contributed by atoms with Crippen LogP contribution in [0.2, 0.25) is 0 Å². The summed E-state index contributed by atoms with van der Waals surface area (Å²) in [4.78, 5) is 32.2. The number of hydrogen-bond donors (Lipinski definition) is 2. The highest BCUT2D eigenvalue weighted by atomic mass is 16.5. The summed E-state index contributed by atoms with van der Waals surface area (Å²) < 4.78 is 4.53. The van der Waals surface area contributed by atoms with Gasteiger partial charge in [-0.2, -0.15) is 0 Å². The predicted octanol–water partition coefficient (Wildman–Crippen LogP) is 2.55. The van der Waals surface area contributed by atoms with Gasteiger partial charge in [-0.1, -0.05) is 33.1 Å². The van der Waals surface area contributed by atoms with Crippen LogP contribution in [0.5, 0.6) is 0 Å². The largest absolute Gasteiger partial charge is 0.466 e. The number of ether oxygens (including phenoxy) is 1. The van der Waals surface area contributed by atoms with Crippen LogP contribution in [-0.2, 0) is 14.3 Å². The molecule has 0 unspecified atom stereocenters. The first kappa shape index (κ1) is 19.9. The molecule has 2 N–H and O–H groups in total. The van der Waals surface area contributed by atoms with Gasteiger partial charge in [-0.15, -0.1) is 0 Å². The fourth-order valence-corrected chi connectivity index (χ4v) is 2.95. The number of methoxy groups -OCH3 is 1. The Balaban J connectivity index is 1.96. The third kappa shape index (κ3) is 6.13. The molecule has 1 saturated carbocycles. The van der Waals surface area contributed by atoms with Gasteiger partial charge in [0.15, 0.2) is 0 Å². The maximum absolute atomic E-state index is 12.7. The lowest BCUT2D eigenvalue weighted by atomic mass is 9.94. The SMILES string of the molecule is COC(=O)C=Cc1cnc(N[C@@H](C(=O)NC2CCCCC2)C(C)C)cn1. The Bertz CT molecular complexity index is 622. The third-order valence-electron chi connectivity index (χ3n) is 4.47. The zero-order chi connectivity index (χ0) is 18.9. The van der Waals surface area contributed by atoms with Crippen LogP contribution in [0.15, 0.2) is 18.5 Å². The number of esters is 1. The van der Waals surface area contributed by atoms with Gasteiger partial charge in [0, 0.05) is 12.1 Å². The van der Waals surface area contributed by atoms with Crippen molar-refractivity contribution in [3.05, 3.63) is 24.2 Å². The molecular weight excluding hydrogens is 332 g/mol. The Morgan fingerprint density at radius 3 is 2.50 bits per heavy atom. The number of rotatable bonds is 7. The van der Waals surface area contributed by atoms with Crippen molar-refractivity contribution in [2.75, 3.05) is 12.4 Å². The summed E-state index contributed by atoms with van der Waals surface area (Å²) >= 11 is 0. The molecule has 1 aromatic heterocycles. The summed E-state index contributed by atoms with van der Waals surface area (Å²) in [5.74, 6) is 0.189. The molecule has 0 radical (unpaired) electrons. The van der Waals surface area contributed by atoms with Gasteiger partial charge in [-0.3, -0.25) is 9.78 Å². The van der Waals surface area contributed by atoms with Crippen molar-refractivity contribution in [2.24, 2.45) is 5.92 Å². The summed E-state index contributed by atoms with van der Waals surface area (Å²) in [6, 6.07) is -0.0982. The molecule has 1 fully saturated rings. The van der Waals surface area contributed by atoms with Crippen molar-refractivity contribution in [3.63, 3.8) is 0 Å². The van der Waals surface area contributed by atoms with Crippen molar-refractivity contribution in [2.45, 2.75) is 58.0 Å². The smallest absolute Gasteiger partial charge is 0.330 e. The Hall–Kier alpha value is -2.44. The van der Waals surface area contributed by atoms with Crippen LogP contribution in [-0.4, -0.2) is 41.0 Å². The molecule has 1 atom stereocenters. The number of nitrogens with one attached hydrogen (secondary N) is 2. The fraction of sp³-hybridized carbons (Fsp3) is 0.579.